The lowest BCUT2D eigenvalue weighted by Crippen LogP contribution is -1.96. The van der Waals surface area contributed by atoms with Crippen molar-refractivity contribution in [2.45, 2.75) is 0 Å². The summed E-state index contributed by atoms with van der Waals surface area (Å²) in [6.07, 6.45) is 0. The molecule has 0 unspecified atom stereocenters. The number of phenols is 1. The second-order valence-corrected chi connectivity index (χ2v) is 4.03. The number of benzene rings is 2. The molecule has 0 radical (unpaired) electrons. The highest BCUT2D eigenvalue weighted by Gasteiger charge is 2.12. The topological polar surface area (TPSA) is 120 Å². The normalized spacial score (nSPS) is 10.7. The second kappa shape index (κ2) is 5.83. The van der Waals surface area contributed by atoms with Crippen molar-refractivity contribution in [1.82, 2.24) is 0 Å². The first kappa shape index (κ1) is 14.2. The fourth-order valence-corrected chi connectivity index (χ4v) is 1.63. The van der Waals surface area contributed by atoms with Crippen LogP contribution in [0.5, 0.6) is 5.75 Å². The third-order valence-electron chi connectivity index (χ3n) is 2.61. The average molecular weight is 286 g/mol. The first-order valence-electron chi connectivity index (χ1n) is 5.79. The van der Waals surface area contributed by atoms with Gasteiger partial charge in [-0.1, -0.05) is 12.1 Å². The van der Waals surface area contributed by atoms with Gasteiger partial charge in [0.1, 0.15) is 17.1 Å². The summed E-state index contributed by atoms with van der Waals surface area (Å²) in [6.45, 7) is 0. The molecular weight excluding hydrogens is 276 g/mol. The molecule has 0 aliphatic heterocycles. The zero-order valence-electron chi connectivity index (χ0n) is 10.6. The standard InChI is InChI=1S/C14H10N2O5/c17-8-5-6-10(14(20)21)12(7-8)16-15-11-4-2-1-3-9(11)13(18)19/h1-7,17H,(H,18,19)(H,20,21). The van der Waals surface area contributed by atoms with Crippen molar-refractivity contribution in [1.29, 1.82) is 0 Å². The van der Waals surface area contributed by atoms with Crippen LogP contribution in [0.2, 0.25) is 0 Å². The highest BCUT2D eigenvalue weighted by atomic mass is 16.4. The fraction of sp³-hybridized carbons (Fsp3) is 0. The van der Waals surface area contributed by atoms with E-state index in [-0.39, 0.29) is 28.3 Å². The van der Waals surface area contributed by atoms with Crippen molar-refractivity contribution in [3.63, 3.8) is 0 Å². The van der Waals surface area contributed by atoms with E-state index in [1.807, 2.05) is 0 Å². The Balaban J connectivity index is 2.45. The molecule has 0 aliphatic carbocycles. The number of nitrogens with zero attached hydrogens (tertiary/aromatic N) is 2. The molecule has 0 spiro atoms. The first-order chi connectivity index (χ1) is 9.99. The Morgan fingerprint density at radius 3 is 2.05 bits per heavy atom. The van der Waals surface area contributed by atoms with E-state index in [4.69, 9.17) is 10.2 Å². The number of aromatic carboxylic acids is 2. The summed E-state index contributed by atoms with van der Waals surface area (Å²) in [7, 11) is 0. The van der Waals surface area contributed by atoms with Crippen molar-refractivity contribution in [3.8, 4) is 5.75 Å². The van der Waals surface area contributed by atoms with Crippen LogP contribution in [-0.4, -0.2) is 27.3 Å². The van der Waals surface area contributed by atoms with E-state index in [0.29, 0.717) is 0 Å². The predicted molar refractivity (Wildman–Crippen MR) is 72.6 cm³/mol. The van der Waals surface area contributed by atoms with Crippen molar-refractivity contribution >= 4 is 23.3 Å². The molecule has 0 aliphatic rings. The number of carboxylic acid groups (broad SMARTS) is 2. The van der Waals surface area contributed by atoms with Gasteiger partial charge in [-0.05, 0) is 24.3 Å². The highest BCUT2D eigenvalue weighted by Crippen LogP contribution is 2.27. The van der Waals surface area contributed by atoms with E-state index in [0.717, 1.165) is 6.07 Å². The Morgan fingerprint density at radius 1 is 0.810 bits per heavy atom. The second-order valence-electron chi connectivity index (χ2n) is 4.03. The summed E-state index contributed by atoms with van der Waals surface area (Å²) in [5, 5.41) is 34.9. The largest absolute Gasteiger partial charge is 0.508 e. The van der Waals surface area contributed by atoms with Crippen LogP contribution < -0.4 is 0 Å². The minimum Gasteiger partial charge on any atom is -0.508 e. The molecule has 7 heteroatoms. The van der Waals surface area contributed by atoms with Crippen LogP contribution in [0.15, 0.2) is 52.7 Å². The fourth-order valence-electron chi connectivity index (χ4n) is 1.63. The van der Waals surface area contributed by atoms with E-state index < -0.39 is 11.9 Å². The number of carbonyl (C=O) groups is 2. The molecule has 0 aromatic heterocycles. The molecule has 0 fully saturated rings. The quantitative estimate of drug-likeness (QED) is 0.745. The van der Waals surface area contributed by atoms with E-state index in [9.17, 15) is 14.7 Å². The molecule has 0 saturated heterocycles. The van der Waals surface area contributed by atoms with Gasteiger partial charge in [0.2, 0.25) is 0 Å². The number of carboxylic acids is 2. The molecule has 21 heavy (non-hydrogen) atoms. The SMILES string of the molecule is O=C(O)c1ccccc1N=Nc1cc(O)ccc1C(=O)O. The number of phenolic OH excluding ortho intramolecular Hbond substituents is 1. The Bertz CT molecular complexity index is 740. The summed E-state index contributed by atoms with van der Waals surface area (Å²) in [6, 6.07) is 9.47. The van der Waals surface area contributed by atoms with Gasteiger partial charge in [-0.25, -0.2) is 9.59 Å². The third-order valence-corrected chi connectivity index (χ3v) is 2.61. The summed E-state index contributed by atoms with van der Waals surface area (Å²) in [5.74, 6) is -2.56. The number of rotatable bonds is 4. The predicted octanol–water partition coefficient (Wildman–Crippen LogP) is 3.20. The van der Waals surface area contributed by atoms with Gasteiger partial charge in [0, 0.05) is 6.07 Å². The van der Waals surface area contributed by atoms with Crippen molar-refractivity contribution in [2.75, 3.05) is 0 Å². The number of hydrogen-bond donors (Lipinski definition) is 3. The number of azo groups is 1. The molecule has 2 rings (SSSR count). The van der Waals surface area contributed by atoms with Crippen LogP contribution >= 0.6 is 0 Å². The van der Waals surface area contributed by atoms with Gasteiger partial charge in [0.25, 0.3) is 0 Å². The van der Waals surface area contributed by atoms with Crippen LogP contribution in [0, 0.1) is 0 Å². The molecule has 7 nitrogen and oxygen atoms in total. The molecular formula is C14H10N2O5. The maximum atomic E-state index is 11.0. The molecule has 0 amide bonds. The molecule has 0 bridgehead atoms. The molecule has 2 aromatic carbocycles. The Hall–Kier alpha value is -3.22. The Labute approximate surface area is 118 Å². The summed E-state index contributed by atoms with van der Waals surface area (Å²) < 4.78 is 0. The van der Waals surface area contributed by atoms with E-state index in [1.165, 1.54) is 24.3 Å². The van der Waals surface area contributed by atoms with Gasteiger partial charge in [-0.3, -0.25) is 0 Å². The first-order valence-corrected chi connectivity index (χ1v) is 5.79. The smallest absolute Gasteiger partial charge is 0.337 e. The van der Waals surface area contributed by atoms with Gasteiger partial charge >= 0.3 is 11.9 Å². The zero-order valence-corrected chi connectivity index (χ0v) is 10.6. The molecule has 2 aromatic rings. The summed E-state index contributed by atoms with van der Waals surface area (Å²) in [4.78, 5) is 22.1. The Kier molecular flexibility index (Phi) is 3.94. The van der Waals surface area contributed by atoms with Crippen molar-refractivity contribution in [3.05, 3.63) is 53.6 Å². The van der Waals surface area contributed by atoms with Crippen molar-refractivity contribution < 1.29 is 24.9 Å². The number of hydrogen-bond acceptors (Lipinski definition) is 5. The van der Waals surface area contributed by atoms with Gasteiger partial charge < -0.3 is 15.3 Å². The lowest BCUT2D eigenvalue weighted by molar-refractivity contribution is 0.0686. The van der Waals surface area contributed by atoms with E-state index in [1.54, 1.807) is 12.1 Å². The Morgan fingerprint density at radius 2 is 1.38 bits per heavy atom. The molecule has 3 N–H and O–H groups in total. The van der Waals surface area contributed by atoms with Crippen LogP contribution in [0.1, 0.15) is 20.7 Å². The molecule has 0 atom stereocenters. The maximum absolute atomic E-state index is 11.0. The van der Waals surface area contributed by atoms with E-state index in [2.05, 4.69) is 10.2 Å². The van der Waals surface area contributed by atoms with Crippen LogP contribution in [-0.2, 0) is 0 Å². The maximum Gasteiger partial charge on any atom is 0.337 e. The van der Waals surface area contributed by atoms with Gasteiger partial charge in [0.15, 0.2) is 0 Å². The van der Waals surface area contributed by atoms with Crippen LogP contribution in [0.4, 0.5) is 11.4 Å². The molecule has 106 valence electrons. The average Bonchev–Trinajstić information content (AvgIpc) is 2.45. The van der Waals surface area contributed by atoms with Gasteiger partial charge in [0.05, 0.1) is 11.1 Å². The zero-order chi connectivity index (χ0) is 15.4. The van der Waals surface area contributed by atoms with Crippen LogP contribution in [0.25, 0.3) is 0 Å². The lowest BCUT2D eigenvalue weighted by Gasteiger charge is -2.02. The monoisotopic (exact) mass is 286 g/mol. The lowest BCUT2D eigenvalue weighted by atomic mass is 10.2. The van der Waals surface area contributed by atoms with Crippen LogP contribution in [0.3, 0.4) is 0 Å². The van der Waals surface area contributed by atoms with Crippen molar-refractivity contribution in [2.24, 2.45) is 10.2 Å². The summed E-state index contributed by atoms with van der Waals surface area (Å²) >= 11 is 0. The number of aromatic hydroxyl groups is 1. The van der Waals surface area contributed by atoms with Gasteiger partial charge in [-0.2, -0.15) is 0 Å². The molecule has 0 saturated carbocycles. The van der Waals surface area contributed by atoms with E-state index >= 15 is 0 Å². The molecule has 0 heterocycles. The highest BCUT2D eigenvalue weighted by molar-refractivity contribution is 5.94. The minimum absolute atomic E-state index is 0.0571. The van der Waals surface area contributed by atoms with Gasteiger partial charge in [-0.15, -0.1) is 10.2 Å². The third kappa shape index (κ3) is 3.21. The summed E-state index contributed by atoms with van der Waals surface area (Å²) in [5.41, 5.74) is -0.185. The minimum atomic E-state index is -1.23.